The van der Waals surface area contributed by atoms with Crippen LogP contribution < -0.4 is 0 Å². The molecule has 0 saturated heterocycles. The highest BCUT2D eigenvalue weighted by atomic mass is 16.5. The highest BCUT2D eigenvalue weighted by Gasteiger charge is 2.18. The lowest BCUT2D eigenvalue weighted by atomic mass is 9.95. The zero-order chi connectivity index (χ0) is 14.3. The van der Waals surface area contributed by atoms with Crippen molar-refractivity contribution in [1.82, 2.24) is 0 Å². The van der Waals surface area contributed by atoms with Gasteiger partial charge in [-0.1, -0.05) is 52.4 Å². The number of esters is 1. The van der Waals surface area contributed by atoms with Crippen molar-refractivity contribution >= 4 is 12.3 Å². The van der Waals surface area contributed by atoms with Gasteiger partial charge in [0.05, 0.1) is 12.5 Å². The average Bonchev–Trinajstić information content (AvgIpc) is 2.42. The van der Waals surface area contributed by atoms with E-state index < -0.39 is 0 Å². The first-order valence-electron chi connectivity index (χ1n) is 7.86. The van der Waals surface area contributed by atoms with Crippen LogP contribution in [-0.2, 0) is 14.3 Å². The van der Waals surface area contributed by atoms with E-state index in [4.69, 9.17) is 4.74 Å². The van der Waals surface area contributed by atoms with E-state index in [-0.39, 0.29) is 11.9 Å². The second-order valence-electron chi connectivity index (χ2n) is 5.16. The average molecular weight is 270 g/mol. The summed E-state index contributed by atoms with van der Waals surface area (Å²) in [5.74, 6) is 0.00360. The SMILES string of the molecule is CCCCCCC(CCCC)C(=O)OCCCC=O. The molecule has 1 unspecified atom stereocenters. The fourth-order valence-electron chi connectivity index (χ4n) is 2.11. The molecule has 0 rings (SSSR count). The summed E-state index contributed by atoms with van der Waals surface area (Å²) in [6.45, 7) is 4.72. The highest BCUT2D eigenvalue weighted by Crippen LogP contribution is 2.19. The van der Waals surface area contributed by atoms with Crippen LogP contribution in [0.15, 0.2) is 0 Å². The molecule has 0 fully saturated rings. The molecule has 0 bridgehead atoms. The van der Waals surface area contributed by atoms with Crippen molar-refractivity contribution in [2.24, 2.45) is 5.92 Å². The van der Waals surface area contributed by atoms with E-state index >= 15 is 0 Å². The Hall–Kier alpha value is -0.860. The largest absolute Gasteiger partial charge is 0.465 e. The molecule has 1 atom stereocenters. The van der Waals surface area contributed by atoms with Crippen LogP contribution >= 0.6 is 0 Å². The molecule has 0 aromatic heterocycles. The first-order valence-corrected chi connectivity index (χ1v) is 7.86. The molecule has 19 heavy (non-hydrogen) atoms. The molecule has 0 amide bonds. The molecule has 0 aliphatic carbocycles. The van der Waals surface area contributed by atoms with Gasteiger partial charge < -0.3 is 9.53 Å². The Kier molecular flexibility index (Phi) is 13.0. The molecule has 0 heterocycles. The number of ether oxygens (including phenoxy) is 1. The van der Waals surface area contributed by atoms with Crippen LogP contribution in [0.4, 0.5) is 0 Å². The molecule has 0 radical (unpaired) electrons. The van der Waals surface area contributed by atoms with Gasteiger partial charge in [-0.05, 0) is 19.3 Å². The minimum absolute atomic E-state index is 0.0594. The predicted molar refractivity (Wildman–Crippen MR) is 78.0 cm³/mol. The molecule has 3 heteroatoms. The molecule has 0 aromatic rings. The summed E-state index contributed by atoms with van der Waals surface area (Å²) >= 11 is 0. The van der Waals surface area contributed by atoms with E-state index in [0.717, 1.165) is 38.4 Å². The molecule has 3 nitrogen and oxygen atoms in total. The van der Waals surface area contributed by atoms with E-state index in [9.17, 15) is 9.59 Å². The van der Waals surface area contributed by atoms with E-state index in [1.807, 2.05) is 0 Å². The quantitative estimate of drug-likeness (QED) is 0.285. The topological polar surface area (TPSA) is 43.4 Å². The van der Waals surface area contributed by atoms with Crippen LogP contribution in [0.5, 0.6) is 0 Å². The van der Waals surface area contributed by atoms with Gasteiger partial charge in [-0.25, -0.2) is 0 Å². The Labute approximate surface area is 118 Å². The van der Waals surface area contributed by atoms with Crippen LogP contribution in [0.2, 0.25) is 0 Å². The predicted octanol–water partition coefficient (Wildman–Crippen LogP) is 4.29. The molecule has 0 N–H and O–H groups in total. The Bertz CT molecular complexity index is 226. The van der Waals surface area contributed by atoms with Gasteiger partial charge in [0.25, 0.3) is 0 Å². The first-order chi connectivity index (χ1) is 9.26. The zero-order valence-electron chi connectivity index (χ0n) is 12.7. The van der Waals surface area contributed by atoms with Crippen molar-refractivity contribution in [2.45, 2.75) is 78.1 Å². The van der Waals surface area contributed by atoms with Crippen LogP contribution in [0.1, 0.15) is 78.1 Å². The van der Waals surface area contributed by atoms with E-state index in [1.165, 1.54) is 19.3 Å². The van der Waals surface area contributed by atoms with Crippen LogP contribution in [-0.4, -0.2) is 18.9 Å². The summed E-state index contributed by atoms with van der Waals surface area (Å²) in [7, 11) is 0. The van der Waals surface area contributed by atoms with Gasteiger partial charge in [0.1, 0.15) is 6.29 Å². The Morgan fingerprint density at radius 1 is 1.00 bits per heavy atom. The Morgan fingerprint density at radius 3 is 2.32 bits per heavy atom. The van der Waals surface area contributed by atoms with Gasteiger partial charge >= 0.3 is 5.97 Å². The maximum atomic E-state index is 12.0. The van der Waals surface area contributed by atoms with Crippen molar-refractivity contribution in [2.75, 3.05) is 6.61 Å². The summed E-state index contributed by atoms with van der Waals surface area (Å²) < 4.78 is 5.26. The first kappa shape index (κ1) is 18.1. The highest BCUT2D eigenvalue weighted by molar-refractivity contribution is 5.72. The maximum absolute atomic E-state index is 12.0. The number of rotatable bonds is 13. The minimum Gasteiger partial charge on any atom is -0.465 e. The third-order valence-electron chi connectivity index (χ3n) is 3.36. The molecule has 0 aliphatic rings. The molecule has 0 saturated carbocycles. The lowest BCUT2D eigenvalue weighted by Gasteiger charge is -2.15. The second kappa shape index (κ2) is 13.6. The third-order valence-corrected chi connectivity index (χ3v) is 3.36. The summed E-state index contributed by atoms with van der Waals surface area (Å²) in [5.41, 5.74) is 0. The summed E-state index contributed by atoms with van der Waals surface area (Å²) in [5, 5.41) is 0. The van der Waals surface area contributed by atoms with Crippen molar-refractivity contribution in [3.8, 4) is 0 Å². The molecular formula is C16H30O3. The molecule has 112 valence electrons. The van der Waals surface area contributed by atoms with Crippen molar-refractivity contribution in [3.63, 3.8) is 0 Å². The summed E-state index contributed by atoms with van der Waals surface area (Å²) in [6.07, 6.45) is 10.9. The van der Waals surface area contributed by atoms with Gasteiger partial charge in [0, 0.05) is 6.42 Å². The molecule has 0 aliphatic heterocycles. The smallest absolute Gasteiger partial charge is 0.308 e. The minimum atomic E-state index is -0.0594. The standard InChI is InChI=1S/C16H30O3/c1-3-5-7-8-12-15(11-6-4-2)16(18)19-14-10-9-13-17/h13,15H,3-12,14H2,1-2H3. The fraction of sp³-hybridized carbons (Fsp3) is 0.875. The van der Waals surface area contributed by atoms with Gasteiger partial charge in [-0.3, -0.25) is 4.79 Å². The van der Waals surface area contributed by atoms with Crippen molar-refractivity contribution < 1.29 is 14.3 Å². The number of carbonyl (C=O) groups is 2. The van der Waals surface area contributed by atoms with Gasteiger partial charge in [-0.2, -0.15) is 0 Å². The van der Waals surface area contributed by atoms with Crippen LogP contribution in [0, 0.1) is 5.92 Å². The number of carbonyl (C=O) groups excluding carboxylic acids is 2. The normalized spacial score (nSPS) is 12.1. The van der Waals surface area contributed by atoms with Crippen molar-refractivity contribution in [3.05, 3.63) is 0 Å². The van der Waals surface area contributed by atoms with Crippen molar-refractivity contribution in [1.29, 1.82) is 0 Å². The summed E-state index contributed by atoms with van der Waals surface area (Å²) in [6, 6.07) is 0. The molecule has 0 aromatic carbocycles. The number of hydrogen-bond donors (Lipinski definition) is 0. The van der Waals surface area contributed by atoms with Crippen LogP contribution in [0.3, 0.4) is 0 Å². The summed E-state index contributed by atoms with van der Waals surface area (Å²) in [4.78, 5) is 22.2. The van der Waals surface area contributed by atoms with E-state index in [1.54, 1.807) is 0 Å². The van der Waals surface area contributed by atoms with E-state index in [0.29, 0.717) is 19.4 Å². The maximum Gasteiger partial charge on any atom is 0.308 e. The van der Waals surface area contributed by atoms with Crippen LogP contribution in [0.25, 0.3) is 0 Å². The fourth-order valence-corrected chi connectivity index (χ4v) is 2.11. The third kappa shape index (κ3) is 10.7. The van der Waals surface area contributed by atoms with Gasteiger partial charge in [0.2, 0.25) is 0 Å². The Balaban J connectivity index is 3.92. The number of aldehydes is 1. The second-order valence-corrected chi connectivity index (χ2v) is 5.16. The lowest BCUT2D eigenvalue weighted by Crippen LogP contribution is -2.18. The number of unbranched alkanes of at least 4 members (excludes halogenated alkanes) is 5. The molecule has 0 spiro atoms. The monoisotopic (exact) mass is 270 g/mol. The van der Waals surface area contributed by atoms with E-state index in [2.05, 4.69) is 13.8 Å². The Morgan fingerprint density at radius 2 is 1.68 bits per heavy atom. The number of hydrogen-bond acceptors (Lipinski definition) is 3. The molecular weight excluding hydrogens is 240 g/mol. The zero-order valence-corrected chi connectivity index (χ0v) is 12.7. The van der Waals surface area contributed by atoms with Gasteiger partial charge in [0.15, 0.2) is 0 Å². The lowest BCUT2D eigenvalue weighted by molar-refractivity contribution is -0.149. The van der Waals surface area contributed by atoms with Gasteiger partial charge in [-0.15, -0.1) is 0 Å².